The molecule has 0 radical (unpaired) electrons. The lowest BCUT2D eigenvalue weighted by molar-refractivity contribution is -0.124. The lowest BCUT2D eigenvalue weighted by Crippen LogP contribution is -2.43. The molecule has 0 spiro atoms. The molecule has 2 N–H and O–H groups in total. The highest BCUT2D eigenvalue weighted by atomic mass is 32.2. The summed E-state index contributed by atoms with van der Waals surface area (Å²) in [5.41, 5.74) is 1.84. The van der Waals surface area contributed by atoms with Gasteiger partial charge < -0.3 is 14.9 Å². The third-order valence-corrected chi connectivity index (χ3v) is 7.28. The molecule has 0 bridgehead atoms. The molecule has 0 aliphatic carbocycles. The highest BCUT2D eigenvalue weighted by molar-refractivity contribution is 7.99. The highest BCUT2D eigenvalue weighted by Gasteiger charge is 2.37. The number of thioether (sulfide) groups is 1. The lowest BCUT2D eigenvalue weighted by atomic mass is 9.87. The number of nitrogens with zero attached hydrogens (tertiary/aromatic N) is 2. The molecule has 154 valence electrons. The maximum atomic E-state index is 13.3. The fourth-order valence-corrected chi connectivity index (χ4v) is 5.54. The minimum atomic E-state index is -0.118. The van der Waals surface area contributed by atoms with Gasteiger partial charge in [0.25, 0.3) is 0 Å². The zero-order chi connectivity index (χ0) is 20.3. The largest absolute Gasteiger partial charge is 0.348 e. The molecule has 1 aliphatic heterocycles. The Bertz CT molecular complexity index is 910. The van der Waals surface area contributed by atoms with Gasteiger partial charge in [0.1, 0.15) is 5.82 Å². The van der Waals surface area contributed by atoms with Crippen LogP contribution in [0.1, 0.15) is 51.4 Å². The van der Waals surface area contributed by atoms with Crippen LogP contribution >= 0.6 is 11.8 Å². The molecule has 3 aromatic rings. The number of hydrogen-bond acceptors (Lipinski definition) is 3. The fourth-order valence-electron chi connectivity index (χ4n) is 4.29. The maximum absolute atomic E-state index is 13.3. The summed E-state index contributed by atoms with van der Waals surface area (Å²) in [6.45, 7) is 4.34. The number of hydrogen-bond donors (Lipinski definition) is 2. The van der Waals surface area contributed by atoms with Crippen LogP contribution in [0, 0.1) is 5.92 Å². The normalized spacial score (nSPS) is 18.4. The SMILES string of the molecule is CC[C@H](C)[C@H](NC(=O)CC1(n2cccc2)CCSCC1)c1nc2ccccc2[nH]1. The quantitative estimate of drug-likeness (QED) is 0.583. The second-order valence-corrected chi connectivity index (χ2v) is 9.40. The van der Waals surface area contributed by atoms with E-state index in [2.05, 4.69) is 53.2 Å². The number of H-pyrrole nitrogens is 1. The van der Waals surface area contributed by atoms with Gasteiger partial charge in [-0.25, -0.2) is 4.98 Å². The first-order valence-corrected chi connectivity index (χ1v) is 11.7. The van der Waals surface area contributed by atoms with Crippen molar-refractivity contribution >= 4 is 28.7 Å². The molecule has 1 fully saturated rings. The van der Waals surface area contributed by atoms with Crippen LogP contribution in [0.25, 0.3) is 11.0 Å². The predicted octanol–water partition coefficient (Wildman–Crippen LogP) is 4.88. The molecular formula is C23H30N4OS. The number of nitrogens with one attached hydrogen (secondary N) is 2. The second-order valence-electron chi connectivity index (χ2n) is 8.17. The van der Waals surface area contributed by atoms with Crippen molar-refractivity contribution in [1.82, 2.24) is 19.9 Å². The van der Waals surface area contributed by atoms with Crippen LogP contribution in [-0.2, 0) is 10.3 Å². The van der Waals surface area contributed by atoms with E-state index in [1.54, 1.807) is 0 Å². The molecule has 3 heterocycles. The van der Waals surface area contributed by atoms with Gasteiger partial charge in [-0.1, -0.05) is 32.4 Å². The van der Waals surface area contributed by atoms with Crippen LogP contribution in [0.15, 0.2) is 48.8 Å². The Labute approximate surface area is 176 Å². The second kappa shape index (κ2) is 8.66. The summed E-state index contributed by atoms with van der Waals surface area (Å²) in [5, 5.41) is 3.33. The van der Waals surface area contributed by atoms with Crippen LogP contribution in [-0.4, -0.2) is 31.9 Å². The first kappa shape index (κ1) is 20.1. The van der Waals surface area contributed by atoms with Crippen molar-refractivity contribution in [3.8, 4) is 0 Å². The average molecular weight is 411 g/mol. The summed E-state index contributed by atoms with van der Waals surface area (Å²) >= 11 is 1.98. The number of aromatic amines is 1. The zero-order valence-corrected chi connectivity index (χ0v) is 18.0. The number of benzene rings is 1. The van der Waals surface area contributed by atoms with Crippen molar-refractivity contribution in [3.63, 3.8) is 0 Å². The Morgan fingerprint density at radius 2 is 1.97 bits per heavy atom. The van der Waals surface area contributed by atoms with Gasteiger partial charge in [-0.05, 0) is 54.5 Å². The number of carbonyl (C=O) groups excluding carboxylic acids is 1. The Kier molecular flexibility index (Phi) is 5.99. The molecule has 1 amide bonds. The van der Waals surface area contributed by atoms with E-state index in [0.29, 0.717) is 12.3 Å². The number of carbonyl (C=O) groups is 1. The van der Waals surface area contributed by atoms with Gasteiger partial charge in [-0.2, -0.15) is 11.8 Å². The Hall–Kier alpha value is -2.21. The molecule has 0 unspecified atom stereocenters. The number of aromatic nitrogens is 3. The molecular weight excluding hydrogens is 380 g/mol. The summed E-state index contributed by atoms with van der Waals surface area (Å²) in [6.07, 6.45) is 7.75. The molecule has 6 heteroatoms. The van der Waals surface area contributed by atoms with Gasteiger partial charge in [0.05, 0.1) is 29.0 Å². The van der Waals surface area contributed by atoms with Crippen molar-refractivity contribution in [2.24, 2.45) is 5.92 Å². The minimum absolute atomic E-state index is 0.108. The van der Waals surface area contributed by atoms with Gasteiger partial charge in [-0.15, -0.1) is 0 Å². The average Bonchev–Trinajstić information content (AvgIpc) is 3.42. The van der Waals surface area contributed by atoms with Crippen LogP contribution in [0.3, 0.4) is 0 Å². The smallest absolute Gasteiger partial charge is 0.222 e. The highest BCUT2D eigenvalue weighted by Crippen LogP contribution is 2.37. The molecule has 4 rings (SSSR count). The molecule has 29 heavy (non-hydrogen) atoms. The van der Waals surface area contributed by atoms with Crippen LogP contribution in [0.2, 0.25) is 0 Å². The van der Waals surface area contributed by atoms with Crippen molar-refractivity contribution in [2.45, 2.75) is 51.1 Å². The van der Waals surface area contributed by atoms with E-state index in [9.17, 15) is 4.79 Å². The summed E-state index contributed by atoms with van der Waals surface area (Å²) in [6, 6.07) is 12.0. The van der Waals surface area contributed by atoms with Gasteiger partial charge >= 0.3 is 0 Å². The zero-order valence-electron chi connectivity index (χ0n) is 17.2. The number of amides is 1. The Balaban J connectivity index is 1.56. The van der Waals surface area contributed by atoms with E-state index in [0.717, 1.165) is 47.6 Å². The molecule has 1 aliphatic rings. The minimum Gasteiger partial charge on any atom is -0.348 e. The molecule has 2 aromatic heterocycles. The standard InChI is InChI=1S/C23H30N4OS/c1-3-17(2)21(22-24-18-8-4-5-9-19(18)25-22)26-20(28)16-23(10-14-29-15-11-23)27-12-6-7-13-27/h4-9,12-13,17,21H,3,10-11,14-16H2,1-2H3,(H,24,25)(H,26,28)/t17-,21-/m0/s1. The van der Waals surface area contributed by atoms with E-state index in [-0.39, 0.29) is 17.5 Å². The number of rotatable bonds is 7. The van der Waals surface area contributed by atoms with E-state index in [1.165, 1.54) is 0 Å². The van der Waals surface area contributed by atoms with Crippen molar-refractivity contribution in [3.05, 3.63) is 54.6 Å². The monoisotopic (exact) mass is 410 g/mol. The van der Waals surface area contributed by atoms with Gasteiger partial charge in [0.15, 0.2) is 0 Å². The number of para-hydroxylation sites is 2. The van der Waals surface area contributed by atoms with E-state index < -0.39 is 0 Å². The van der Waals surface area contributed by atoms with Crippen molar-refractivity contribution < 1.29 is 4.79 Å². The third-order valence-electron chi connectivity index (χ3n) is 6.30. The van der Waals surface area contributed by atoms with Gasteiger partial charge in [-0.3, -0.25) is 4.79 Å². The summed E-state index contributed by atoms with van der Waals surface area (Å²) in [7, 11) is 0. The summed E-state index contributed by atoms with van der Waals surface area (Å²) in [4.78, 5) is 21.5. The van der Waals surface area contributed by atoms with Crippen LogP contribution < -0.4 is 5.32 Å². The molecule has 0 saturated carbocycles. The maximum Gasteiger partial charge on any atom is 0.222 e. The van der Waals surface area contributed by atoms with Crippen molar-refractivity contribution in [2.75, 3.05) is 11.5 Å². The topological polar surface area (TPSA) is 62.7 Å². The first-order chi connectivity index (χ1) is 14.1. The lowest BCUT2D eigenvalue weighted by Gasteiger charge is -2.38. The third kappa shape index (κ3) is 4.22. The van der Waals surface area contributed by atoms with E-state index in [4.69, 9.17) is 4.98 Å². The molecule has 1 saturated heterocycles. The Morgan fingerprint density at radius 3 is 2.66 bits per heavy atom. The first-order valence-electron chi connectivity index (χ1n) is 10.6. The predicted molar refractivity (Wildman–Crippen MR) is 120 cm³/mol. The number of fused-ring (bicyclic) bond motifs is 1. The van der Waals surface area contributed by atoms with Crippen molar-refractivity contribution in [1.29, 1.82) is 0 Å². The van der Waals surface area contributed by atoms with Crippen LogP contribution in [0.5, 0.6) is 0 Å². The summed E-state index contributed by atoms with van der Waals surface area (Å²) in [5.74, 6) is 3.46. The van der Waals surface area contributed by atoms with E-state index in [1.807, 2.05) is 36.0 Å². The van der Waals surface area contributed by atoms with E-state index >= 15 is 0 Å². The van der Waals surface area contributed by atoms with Crippen LogP contribution in [0.4, 0.5) is 0 Å². The summed E-state index contributed by atoms with van der Waals surface area (Å²) < 4.78 is 2.26. The fraction of sp³-hybridized carbons (Fsp3) is 0.478. The van der Waals surface area contributed by atoms with Gasteiger partial charge in [0.2, 0.25) is 5.91 Å². The molecule has 1 aromatic carbocycles. The Morgan fingerprint density at radius 1 is 1.24 bits per heavy atom. The molecule has 2 atom stereocenters. The molecule has 5 nitrogen and oxygen atoms in total. The van der Waals surface area contributed by atoms with Gasteiger partial charge in [0, 0.05) is 12.4 Å². The number of imidazole rings is 1.